The number of nitrogens with one attached hydrogen (secondary N) is 1. The lowest BCUT2D eigenvalue weighted by Gasteiger charge is -2.33. The molecule has 40 heavy (non-hydrogen) atoms. The quantitative estimate of drug-likeness (QED) is 0.360. The third-order valence-corrected chi connectivity index (χ3v) is 8.95. The minimum atomic E-state index is -3.54. The third kappa shape index (κ3) is 8.71. The summed E-state index contributed by atoms with van der Waals surface area (Å²) >= 11 is 0. The zero-order chi connectivity index (χ0) is 29.3. The van der Waals surface area contributed by atoms with Crippen molar-refractivity contribution in [2.75, 3.05) is 24.2 Å². The highest BCUT2D eigenvalue weighted by molar-refractivity contribution is 7.92. The van der Waals surface area contributed by atoms with Crippen LogP contribution in [-0.4, -0.2) is 57.1 Å². The number of rotatable bonds is 13. The van der Waals surface area contributed by atoms with Gasteiger partial charge in [-0.3, -0.25) is 13.9 Å². The lowest BCUT2D eigenvalue weighted by molar-refractivity contribution is -0.141. The van der Waals surface area contributed by atoms with Gasteiger partial charge in [0.25, 0.3) is 0 Å². The molecule has 2 amide bonds. The number of hydrogen-bond acceptors (Lipinski definition) is 5. The van der Waals surface area contributed by atoms with Crippen molar-refractivity contribution in [3.8, 4) is 5.75 Å². The predicted molar refractivity (Wildman–Crippen MR) is 160 cm³/mol. The van der Waals surface area contributed by atoms with Crippen LogP contribution >= 0.6 is 0 Å². The summed E-state index contributed by atoms with van der Waals surface area (Å²) in [5.41, 5.74) is 3.54. The minimum absolute atomic E-state index is 0.119. The lowest BCUT2D eigenvalue weighted by Crippen LogP contribution is -2.51. The standard InChI is InChI=1S/C31H45N3O5S/c1-6-29(31(36)32-26-13-8-7-9-14-26)33(22-25-12-10-15-28(21-25)39-4)30(35)16-11-19-34(40(5,37)38)27-18-17-23(2)24(3)20-27/h10,12,15,17-18,20-21,26,29H,6-9,11,13-14,16,19,22H2,1-5H3,(H,32,36). The maximum Gasteiger partial charge on any atom is 0.243 e. The second kappa shape index (κ2) is 14.5. The summed E-state index contributed by atoms with van der Waals surface area (Å²) in [5, 5.41) is 3.19. The summed E-state index contributed by atoms with van der Waals surface area (Å²) in [4.78, 5) is 28.8. The smallest absolute Gasteiger partial charge is 0.243 e. The van der Waals surface area contributed by atoms with Crippen molar-refractivity contribution in [1.29, 1.82) is 0 Å². The van der Waals surface area contributed by atoms with Crippen molar-refractivity contribution in [2.24, 2.45) is 0 Å². The first kappa shape index (κ1) is 31.5. The summed E-state index contributed by atoms with van der Waals surface area (Å²) < 4.78 is 32.0. The molecule has 2 aromatic carbocycles. The summed E-state index contributed by atoms with van der Waals surface area (Å²) in [6.45, 7) is 6.28. The van der Waals surface area contributed by atoms with E-state index in [0.717, 1.165) is 42.4 Å². The summed E-state index contributed by atoms with van der Waals surface area (Å²) in [6.07, 6.45) is 7.43. The zero-order valence-corrected chi connectivity index (χ0v) is 25.4. The Balaban J connectivity index is 1.78. The molecular formula is C31H45N3O5S. The summed E-state index contributed by atoms with van der Waals surface area (Å²) in [6, 6.07) is 12.6. The normalized spacial score (nSPS) is 14.8. The van der Waals surface area contributed by atoms with E-state index in [1.54, 1.807) is 18.1 Å². The van der Waals surface area contributed by atoms with Crippen LogP contribution in [0.1, 0.15) is 75.0 Å². The molecule has 1 aliphatic rings. The number of anilines is 1. The molecule has 9 heteroatoms. The van der Waals surface area contributed by atoms with Crippen LogP contribution in [0.4, 0.5) is 5.69 Å². The van der Waals surface area contributed by atoms with Gasteiger partial charge in [-0.2, -0.15) is 0 Å². The molecule has 0 radical (unpaired) electrons. The maximum atomic E-state index is 13.7. The van der Waals surface area contributed by atoms with Crippen LogP contribution in [0.15, 0.2) is 42.5 Å². The minimum Gasteiger partial charge on any atom is -0.497 e. The first-order valence-electron chi connectivity index (χ1n) is 14.3. The van der Waals surface area contributed by atoms with Crippen molar-refractivity contribution in [3.63, 3.8) is 0 Å². The van der Waals surface area contributed by atoms with Gasteiger partial charge >= 0.3 is 0 Å². The van der Waals surface area contributed by atoms with Gasteiger partial charge in [0.2, 0.25) is 21.8 Å². The number of aryl methyl sites for hydroxylation is 2. The van der Waals surface area contributed by atoms with Crippen LogP contribution in [0.25, 0.3) is 0 Å². The molecule has 1 fully saturated rings. The number of nitrogens with zero attached hydrogens (tertiary/aromatic N) is 2. The van der Waals surface area contributed by atoms with Gasteiger partial charge in [-0.15, -0.1) is 0 Å². The number of hydrogen-bond donors (Lipinski definition) is 1. The summed E-state index contributed by atoms with van der Waals surface area (Å²) in [7, 11) is -1.95. The number of ether oxygens (including phenoxy) is 1. The average Bonchev–Trinajstić information content (AvgIpc) is 2.92. The number of carbonyl (C=O) groups is 2. The zero-order valence-electron chi connectivity index (χ0n) is 24.6. The molecule has 1 unspecified atom stereocenters. The molecule has 3 rings (SSSR count). The van der Waals surface area contributed by atoms with Gasteiger partial charge in [-0.05, 0) is 80.5 Å². The number of amides is 2. The molecule has 1 saturated carbocycles. The van der Waals surface area contributed by atoms with Gasteiger partial charge in [0.1, 0.15) is 11.8 Å². The molecule has 220 valence electrons. The topological polar surface area (TPSA) is 96.0 Å². The lowest BCUT2D eigenvalue weighted by atomic mass is 9.95. The first-order valence-corrected chi connectivity index (χ1v) is 16.2. The molecule has 0 heterocycles. The van der Waals surface area contributed by atoms with Gasteiger partial charge in [0.05, 0.1) is 19.1 Å². The summed E-state index contributed by atoms with van der Waals surface area (Å²) in [5.74, 6) is 0.377. The van der Waals surface area contributed by atoms with Crippen LogP contribution in [0.2, 0.25) is 0 Å². The fourth-order valence-electron chi connectivity index (χ4n) is 5.32. The number of carbonyl (C=O) groups excluding carboxylic acids is 2. The van der Waals surface area contributed by atoms with E-state index in [4.69, 9.17) is 4.74 Å². The third-order valence-electron chi connectivity index (χ3n) is 7.76. The molecule has 0 spiro atoms. The SMILES string of the molecule is CCC(C(=O)NC1CCCCC1)N(Cc1cccc(OC)c1)C(=O)CCCN(c1ccc(C)c(C)c1)S(C)(=O)=O. The van der Waals surface area contributed by atoms with Crippen molar-refractivity contribution < 1.29 is 22.7 Å². The second-order valence-electron chi connectivity index (χ2n) is 10.8. The first-order chi connectivity index (χ1) is 19.0. The molecule has 2 aromatic rings. The van der Waals surface area contributed by atoms with Crippen LogP contribution in [0.5, 0.6) is 5.75 Å². The Kier molecular flexibility index (Phi) is 11.4. The van der Waals surface area contributed by atoms with E-state index in [0.29, 0.717) is 24.3 Å². The highest BCUT2D eigenvalue weighted by Gasteiger charge is 2.30. The molecule has 0 aromatic heterocycles. The van der Waals surface area contributed by atoms with Gasteiger partial charge in [0.15, 0.2) is 0 Å². The van der Waals surface area contributed by atoms with Crippen LogP contribution in [-0.2, 0) is 26.2 Å². The van der Waals surface area contributed by atoms with Crippen molar-refractivity contribution in [2.45, 2.75) is 90.8 Å². The van der Waals surface area contributed by atoms with Gasteiger partial charge in [-0.1, -0.05) is 44.4 Å². The molecule has 1 atom stereocenters. The van der Waals surface area contributed by atoms with Gasteiger partial charge in [0, 0.05) is 25.6 Å². The maximum absolute atomic E-state index is 13.7. The van der Waals surface area contributed by atoms with E-state index < -0.39 is 16.1 Å². The van der Waals surface area contributed by atoms with Crippen molar-refractivity contribution in [3.05, 3.63) is 59.2 Å². The molecule has 8 nitrogen and oxygen atoms in total. The van der Waals surface area contributed by atoms with Crippen LogP contribution < -0.4 is 14.4 Å². The second-order valence-corrected chi connectivity index (χ2v) is 12.8. The Bertz CT molecular complexity index is 1260. The van der Waals surface area contributed by atoms with Crippen molar-refractivity contribution >= 4 is 27.5 Å². The van der Waals surface area contributed by atoms with E-state index in [-0.39, 0.29) is 37.4 Å². The Labute approximate surface area is 240 Å². The fourth-order valence-corrected chi connectivity index (χ4v) is 6.27. The molecule has 1 N–H and O–H groups in total. The number of methoxy groups -OCH3 is 1. The van der Waals surface area contributed by atoms with Gasteiger partial charge < -0.3 is 15.0 Å². The molecule has 0 saturated heterocycles. The molecule has 1 aliphatic carbocycles. The largest absolute Gasteiger partial charge is 0.497 e. The van der Waals surface area contributed by atoms with Crippen molar-refractivity contribution in [1.82, 2.24) is 10.2 Å². The monoisotopic (exact) mass is 571 g/mol. The highest BCUT2D eigenvalue weighted by atomic mass is 32.2. The van der Waals surface area contributed by atoms with Gasteiger partial charge in [-0.25, -0.2) is 8.42 Å². The Hall–Kier alpha value is -3.07. The van der Waals surface area contributed by atoms with E-state index in [9.17, 15) is 18.0 Å². The Morgan fingerprint density at radius 2 is 1.77 bits per heavy atom. The van der Waals surface area contributed by atoms with E-state index >= 15 is 0 Å². The predicted octanol–water partition coefficient (Wildman–Crippen LogP) is 5.11. The molecule has 0 bridgehead atoms. The highest BCUT2D eigenvalue weighted by Crippen LogP contribution is 2.24. The fraction of sp³-hybridized carbons (Fsp3) is 0.548. The van der Waals surface area contributed by atoms with E-state index in [1.165, 1.54) is 17.0 Å². The van der Waals surface area contributed by atoms with E-state index in [2.05, 4.69) is 5.32 Å². The van der Waals surface area contributed by atoms with E-state index in [1.807, 2.05) is 57.2 Å². The Morgan fingerprint density at radius 3 is 2.40 bits per heavy atom. The number of benzene rings is 2. The average molecular weight is 572 g/mol. The van der Waals surface area contributed by atoms with Crippen LogP contribution in [0, 0.1) is 13.8 Å². The number of sulfonamides is 1. The van der Waals surface area contributed by atoms with Crippen LogP contribution in [0.3, 0.4) is 0 Å². The Morgan fingerprint density at radius 1 is 1.05 bits per heavy atom. The molecule has 0 aliphatic heterocycles. The molecular weight excluding hydrogens is 526 g/mol.